The fourth-order valence-electron chi connectivity index (χ4n) is 5.64. The summed E-state index contributed by atoms with van der Waals surface area (Å²) in [5, 5.41) is 14.3. The molecule has 3 aliphatic rings. The van der Waals surface area contributed by atoms with Gasteiger partial charge < -0.3 is 15.2 Å². The Bertz CT molecular complexity index is 655. The number of nitrogens with one attached hydrogen (secondary N) is 1. The van der Waals surface area contributed by atoms with E-state index in [4.69, 9.17) is 4.74 Å². The van der Waals surface area contributed by atoms with E-state index in [1.54, 1.807) is 0 Å². The average Bonchev–Trinajstić information content (AvgIpc) is 3.26. The quantitative estimate of drug-likeness (QED) is 0.746. The van der Waals surface area contributed by atoms with Gasteiger partial charge in [0.15, 0.2) is 0 Å². The monoisotopic (exact) mass is 400 g/mol. The summed E-state index contributed by atoms with van der Waals surface area (Å²) in [6, 6.07) is 10.8. The van der Waals surface area contributed by atoms with Gasteiger partial charge >= 0.3 is 0 Å². The van der Waals surface area contributed by atoms with Crippen LogP contribution >= 0.6 is 0 Å². The number of rotatable bonds is 5. The highest BCUT2D eigenvalue weighted by molar-refractivity contribution is 5.79. The minimum atomic E-state index is -0.316. The van der Waals surface area contributed by atoms with E-state index in [0.717, 1.165) is 64.8 Å². The van der Waals surface area contributed by atoms with Crippen LogP contribution in [0.2, 0.25) is 0 Å². The van der Waals surface area contributed by atoms with E-state index >= 15 is 0 Å². The Morgan fingerprint density at radius 2 is 1.76 bits per heavy atom. The fraction of sp³-hybridized carbons (Fsp3) is 0.708. The van der Waals surface area contributed by atoms with E-state index in [0.29, 0.717) is 6.54 Å². The van der Waals surface area contributed by atoms with Crippen molar-refractivity contribution in [3.05, 3.63) is 35.9 Å². The zero-order chi connectivity index (χ0) is 20.1. The van der Waals surface area contributed by atoms with E-state index in [1.165, 1.54) is 18.4 Å². The SMILES string of the molecule is O=C(NC[C@]1(c2ccccc2)CC[C@@H](O)[C@H](N2CCOCC2)CC1)C1CCCC1. The van der Waals surface area contributed by atoms with Crippen molar-refractivity contribution < 1.29 is 14.6 Å². The molecule has 1 heterocycles. The zero-order valence-electron chi connectivity index (χ0n) is 17.5. The van der Waals surface area contributed by atoms with Crippen molar-refractivity contribution in [2.75, 3.05) is 32.8 Å². The summed E-state index contributed by atoms with van der Waals surface area (Å²) >= 11 is 0. The van der Waals surface area contributed by atoms with Gasteiger partial charge in [-0.15, -0.1) is 0 Å². The Kier molecular flexibility index (Phi) is 6.88. The van der Waals surface area contributed by atoms with Crippen molar-refractivity contribution in [3.8, 4) is 0 Å². The van der Waals surface area contributed by atoms with Gasteiger partial charge in [0.25, 0.3) is 0 Å². The van der Waals surface area contributed by atoms with E-state index in [1.807, 2.05) is 0 Å². The Labute approximate surface area is 174 Å². The molecule has 29 heavy (non-hydrogen) atoms. The minimum absolute atomic E-state index is 0.0997. The Hall–Kier alpha value is -1.43. The molecule has 2 saturated carbocycles. The summed E-state index contributed by atoms with van der Waals surface area (Å²) in [6.07, 6.45) is 7.72. The number of nitrogens with zero attached hydrogens (tertiary/aromatic N) is 1. The fourth-order valence-corrected chi connectivity index (χ4v) is 5.64. The molecule has 2 N–H and O–H groups in total. The highest BCUT2D eigenvalue weighted by Crippen LogP contribution is 2.39. The van der Waals surface area contributed by atoms with Crippen LogP contribution in [0.4, 0.5) is 0 Å². The number of benzene rings is 1. The van der Waals surface area contributed by atoms with Crippen molar-refractivity contribution in [3.63, 3.8) is 0 Å². The van der Waals surface area contributed by atoms with Gasteiger partial charge in [0, 0.05) is 37.0 Å². The molecule has 0 unspecified atom stereocenters. The lowest BCUT2D eigenvalue weighted by atomic mass is 9.74. The number of morpholine rings is 1. The van der Waals surface area contributed by atoms with Crippen molar-refractivity contribution in [2.45, 2.75) is 68.9 Å². The van der Waals surface area contributed by atoms with E-state index in [2.05, 4.69) is 40.5 Å². The molecule has 3 atom stereocenters. The maximum absolute atomic E-state index is 12.7. The first-order valence-electron chi connectivity index (χ1n) is 11.5. The van der Waals surface area contributed by atoms with Crippen molar-refractivity contribution in [1.82, 2.24) is 10.2 Å². The highest BCUT2D eigenvalue weighted by Gasteiger charge is 2.40. The minimum Gasteiger partial charge on any atom is -0.391 e. The van der Waals surface area contributed by atoms with Gasteiger partial charge in [-0.05, 0) is 44.1 Å². The van der Waals surface area contributed by atoms with Gasteiger partial charge in [0.1, 0.15) is 0 Å². The second kappa shape index (κ2) is 9.59. The maximum Gasteiger partial charge on any atom is 0.223 e. The largest absolute Gasteiger partial charge is 0.391 e. The Morgan fingerprint density at radius 1 is 1.07 bits per heavy atom. The van der Waals surface area contributed by atoms with Gasteiger partial charge in [-0.25, -0.2) is 0 Å². The van der Waals surface area contributed by atoms with Crippen LogP contribution in [0.15, 0.2) is 30.3 Å². The summed E-state index contributed by atoms with van der Waals surface area (Å²) in [6.45, 7) is 3.99. The van der Waals surface area contributed by atoms with Crippen LogP contribution < -0.4 is 5.32 Å². The molecule has 0 spiro atoms. The maximum atomic E-state index is 12.7. The van der Waals surface area contributed by atoms with Gasteiger partial charge in [-0.1, -0.05) is 43.2 Å². The number of hydrogen-bond donors (Lipinski definition) is 2. The van der Waals surface area contributed by atoms with Gasteiger partial charge in [0.2, 0.25) is 5.91 Å². The molecule has 0 bridgehead atoms. The topological polar surface area (TPSA) is 61.8 Å². The third-order valence-electron chi connectivity index (χ3n) is 7.51. The molecule has 1 aromatic carbocycles. The zero-order valence-corrected chi connectivity index (χ0v) is 17.5. The molecule has 1 aromatic rings. The summed E-state index contributed by atoms with van der Waals surface area (Å²) < 4.78 is 5.51. The summed E-state index contributed by atoms with van der Waals surface area (Å²) in [4.78, 5) is 15.1. The summed E-state index contributed by atoms with van der Waals surface area (Å²) in [5.74, 6) is 0.424. The lowest BCUT2D eigenvalue weighted by Gasteiger charge is -2.37. The third kappa shape index (κ3) is 4.84. The molecule has 3 fully saturated rings. The van der Waals surface area contributed by atoms with Crippen molar-refractivity contribution >= 4 is 5.91 Å². The lowest BCUT2D eigenvalue weighted by molar-refractivity contribution is -0.125. The standard InChI is InChI=1S/C24H36N2O3/c27-22-11-13-24(20-8-2-1-3-9-20,18-25-23(28)19-6-4-5-7-19)12-10-21(22)26-14-16-29-17-15-26/h1-3,8-9,19,21-22,27H,4-7,10-18H2,(H,25,28)/t21-,22-,24-/m1/s1. The smallest absolute Gasteiger partial charge is 0.223 e. The Morgan fingerprint density at radius 3 is 2.48 bits per heavy atom. The molecule has 1 aliphatic heterocycles. The molecule has 4 rings (SSSR count). The molecule has 1 amide bonds. The summed E-state index contributed by atoms with van der Waals surface area (Å²) in [7, 11) is 0. The normalized spacial score (nSPS) is 32.0. The second-order valence-electron chi connectivity index (χ2n) is 9.21. The molecule has 2 aliphatic carbocycles. The molecule has 5 nitrogen and oxygen atoms in total. The highest BCUT2D eigenvalue weighted by atomic mass is 16.5. The molecular weight excluding hydrogens is 364 g/mol. The van der Waals surface area contributed by atoms with Crippen LogP contribution in [0.25, 0.3) is 0 Å². The van der Waals surface area contributed by atoms with Gasteiger partial charge in [0.05, 0.1) is 19.3 Å². The third-order valence-corrected chi connectivity index (χ3v) is 7.51. The number of aliphatic hydroxyl groups is 1. The first-order valence-corrected chi connectivity index (χ1v) is 11.5. The molecular formula is C24H36N2O3. The lowest BCUT2D eigenvalue weighted by Crippen LogP contribution is -2.48. The Balaban J connectivity index is 1.50. The number of hydrogen-bond acceptors (Lipinski definition) is 4. The van der Waals surface area contributed by atoms with E-state index in [-0.39, 0.29) is 29.4 Å². The van der Waals surface area contributed by atoms with Gasteiger partial charge in [-0.2, -0.15) is 0 Å². The van der Waals surface area contributed by atoms with Crippen LogP contribution in [0.3, 0.4) is 0 Å². The number of carbonyl (C=O) groups excluding carboxylic acids is 1. The van der Waals surface area contributed by atoms with Crippen LogP contribution in [0.1, 0.15) is 56.9 Å². The molecule has 160 valence electrons. The predicted molar refractivity (Wildman–Crippen MR) is 114 cm³/mol. The second-order valence-corrected chi connectivity index (χ2v) is 9.21. The number of ether oxygens (including phenoxy) is 1. The first kappa shape index (κ1) is 20.8. The van der Waals surface area contributed by atoms with Crippen LogP contribution in [0.5, 0.6) is 0 Å². The van der Waals surface area contributed by atoms with Crippen molar-refractivity contribution in [1.29, 1.82) is 0 Å². The predicted octanol–water partition coefficient (Wildman–Crippen LogP) is 2.87. The number of carbonyl (C=O) groups is 1. The summed E-state index contributed by atoms with van der Waals surface area (Å²) in [5.41, 5.74) is 1.19. The van der Waals surface area contributed by atoms with Crippen LogP contribution in [0, 0.1) is 5.92 Å². The number of amides is 1. The first-order chi connectivity index (χ1) is 14.2. The molecule has 1 saturated heterocycles. The van der Waals surface area contributed by atoms with Crippen LogP contribution in [-0.2, 0) is 14.9 Å². The molecule has 0 radical (unpaired) electrons. The average molecular weight is 401 g/mol. The van der Waals surface area contributed by atoms with E-state index in [9.17, 15) is 9.90 Å². The van der Waals surface area contributed by atoms with Crippen LogP contribution in [-0.4, -0.2) is 60.9 Å². The molecule has 5 heteroatoms. The van der Waals surface area contributed by atoms with Crippen molar-refractivity contribution in [2.24, 2.45) is 5.92 Å². The number of aliphatic hydroxyl groups excluding tert-OH is 1. The van der Waals surface area contributed by atoms with E-state index < -0.39 is 0 Å². The molecule has 0 aromatic heterocycles. The van der Waals surface area contributed by atoms with Gasteiger partial charge in [-0.3, -0.25) is 9.69 Å².